The second-order valence-electron chi connectivity index (χ2n) is 4.00. The molecule has 0 spiro atoms. The Hall–Kier alpha value is -1.81. The number of carbonyl (C=O) groups is 1. The Labute approximate surface area is 111 Å². The largest absolute Gasteiger partial charge is 0.357 e. The van der Waals surface area contributed by atoms with Gasteiger partial charge in [0.1, 0.15) is 0 Å². The predicted octanol–water partition coefficient (Wildman–Crippen LogP) is 2.77. The van der Waals surface area contributed by atoms with E-state index in [2.05, 4.69) is 4.99 Å². The van der Waals surface area contributed by atoms with Crippen molar-refractivity contribution in [1.29, 1.82) is 0 Å². The summed E-state index contributed by atoms with van der Waals surface area (Å²) in [6, 6.07) is 9.97. The molecule has 18 heavy (non-hydrogen) atoms. The van der Waals surface area contributed by atoms with Gasteiger partial charge in [0.15, 0.2) is 5.17 Å². The highest BCUT2D eigenvalue weighted by molar-refractivity contribution is 8.18. The summed E-state index contributed by atoms with van der Waals surface area (Å²) in [5, 5.41) is 0.736. The van der Waals surface area contributed by atoms with Crippen LogP contribution in [-0.2, 0) is 4.79 Å². The SMILES string of the molecule is CN(C)C1=NC(=O)C(=CC=Cc2ccccc2)S1. The summed E-state index contributed by atoms with van der Waals surface area (Å²) in [7, 11) is 3.75. The zero-order valence-corrected chi connectivity index (χ0v) is 11.1. The van der Waals surface area contributed by atoms with Crippen molar-refractivity contribution in [3.8, 4) is 0 Å². The van der Waals surface area contributed by atoms with Crippen LogP contribution in [0.3, 0.4) is 0 Å². The number of amides is 1. The van der Waals surface area contributed by atoms with Gasteiger partial charge in [-0.2, -0.15) is 4.99 Å². The van der Waals surface area contributed by atoms with Crippen LogP contribution in [0.25, 0.3) is 6.08 Å². The third-order valence-corrected chi connectivity index (χ3v) is 3.50. The molecule has 0 aromatic heterocycles. The van der Waals surface area contributed by atoms with Gasteiger partial charge in [-0.05, 0) is 23.4 Å². The van der Waals surface area contributed by atoms with Gasteiger partial charge in [-0.1, -0.05) is 42.5 Å². The monoisotopic (exact) mass is 258 g/mol. The fourth-order valence-corrected chi connectivity index (χ4v) is 2.20. The number of aliphatic imine (C=N–C) groups is 1. The van der Waals surface area contributed by atoms with Gasteiger partial charge in [-0.15, -0.1) is 0 Å². The lowest BCUT2D eigenvalue weighted by molar-refractivity contribution is -0.113. The summed E-state index contributed by atoms with van der Waals surface area (Å²) in [6.07, 6.45) is 5.65. The molecule has 0 saturated carbocycles. The van der Waals surface area contributed by atoms with E-state index in [0.29, 0.717) is 4.91 Å². The summed E-state index contributed by atoms with van der Waals surface area (Å²) in [5.74, 6) is -0.165. The van der Waals surface area contributed by atoms with Gasteiger partial charge in [0.25, 0.3) is 5.91 Å². The number of carbonyl (C=O) groups excluding carboxylic acids is 1. The highest BCUT2D eigenvalue weighted by Crippen LogP contribution is 2.27. The minimum atomic E-state index is -0.165. The normalized spacial score (nSPS) is 17.6. The lowest BCUT2D eigenvalue weighted by Crippen LogP contribution is -2.16. The van der Waals surface area contributed by atoms with Crippen molar-refractivity contribution in [3.63, 3.8) is 0 Å². The minimum Gasteiger partial charge on any atom is -0.357 e. The molecule has 0 atom stereocenters. The molecule has 1 aliphatic rings. The number of thioether (sulfide) groups is 1. The van der Waals surface area contributed by atoms with Crippen molar-refractivity contribution in [1.82, 2.24) is 4.90 Å². The van der Waals surface area contributed by atoms with E-state index in [1.165, 1.54) is 11.8 Å². The standard InChI is InChI=1S/C14H14N2OS/c1-16(2)14-15-13(17)12(18-14)10-6-9-11-7-4-3-5-8-11/h3-10H,1-2H3. The average molecular weight is 258 g/mol. The van der Waals surface area contributed by atoms with Crippen molar-refractivity contribution in [3.05, 3.63) is 53.0 Å². The molecule has 3 nitrogen and oxygen atoms in total. The van der Waals surface area contributed by atoms with Crippen molar-refractivity contribution in [2.24, 2.45) is 4.99 Å². The first-order valence-corrected chi connectivity index (χ1v) is 6.40. The molecule has 92 valence electrons. The molecular weight excluding hydrogens is 244 g/mol. The Morgan fingerprint density at radius 2 is 1.94 bits per heavy atom. The second kappa shape index (κ2) is 5.69. The van der Waals surface area contributed by atoms with Gasteiger partial charge in [-0.3, -0.25) is 4.79 Å². The highest BCUT2D eigenvalue weighted by atomic mass is 32.2. The lowest BCUT2D eigenvalue weighted by atomic mass is 10.2. The molecule has 0 N–H and O–H groups in total. The number of rotatable bonds is 2. The maximum atomic E-state index is 11.6. The van der Waals surface area contributed by atoms with E-state index in [4.69, 9.17) is 0 Å². The first-order chi connectivity index (χ1) is 8.66. The maximum absolute atomic E-state index is 11.6. The number of benzene rings is 1. The smallest absolute Gasteiger partial charge is 0.286 e. The number of hydrogen-bond donors (Lipinski definition) is 0. The number of allylic oxidation sites excluding steroid dienone is 2. The minimum absolute atomic E-state index is 0.165. The van der Waals surface area contributed by atoms with E-state index in [1.807, 2.05) is 61.5 Å². The van der Waals surface area contributed by atoms with Crippen LogP contribution in [0.5, 0.6) is 0 Å². The van der Waals surface area contributed by atoms with Crippen molar-refractivity contribution in [2.45, 2.75) is 0 Å². The third-order valence-electron chi connectivity index (χ3n) is 2.33. The van der Waals surface area contributed by atoms with Crippen LogP contribution < -0.4 is 0 Å². The van der Waals surface area contributed by atoms with E-state index in [9.17, 15) is 4.79 Å². The van der Waals surface area contributed by atoms with Gasteiger partial charge >= 0.3 is 0 Å². The molecule has 1 aromatic carbocycles. The Balaban J connectivity index is 2.04. The van der Waals surface area contributed by atoms with E-state index in [-0.39, 0.29) is 5.91 Å². The van der Waals surface area contributed by atoms with Gasteiger partial charge in [0.05, 0.1) is 4.91 Å². The van der Waals surface area contributed by atoms with E-state index < -0.39 is 0 Å². The molecule has 0 aliphatic carbocycles. The van der Waals surface area contributed by atoms with E-state index in [0.717, 1.165) is 10.7 Å². The van der Waals surface area contributed by atoms with Crippen LogP contribution in [0.15, 0.2) is 52.4 Å². The summed E-state index contributed by atoms with van der Waals surface area (Å²) in [6.45, 7) is 0. The molecule has 1 aliphatic heterocycles. The first-order valence-electron chi connectivity index (χ1n) is 5.58. The Morgan fingerprint density at radius 3 is 2.56 bits per heavy atom. The number of nitrogens with zero attached hydrogens (tertiary/aromatic N) is 2. The van der Waals surface area contributed by atoms with Crippen molar-refractivity contribution in [2.75, 3.05) is 14.1 Å². The van der Waals surface area contributed by atoms with Crippen LogP contribution in [0, 0.1) is 0 Å². The van der Waals surface area contributed by atoms with Crippen LogP contribution >= 0.6 is 11.8 Å². The van der Waals surface area contributed by atoms with Crippen LogP contribution in [0.2, 0.25) is 0 Å². The Bertz CT molecular complexity index is 530. The van der Waals surface area contributed by atoms with Crippen LogP contribution in [-0.4, -0.2) is 30.1 Å². The topological polar surface area (TPSA) is 32.7 Å². The molecule has 1 heterocycles. The molecule has 4 heteroatoms. The van der Waals surface area contributed by atoms with Gasteiger partial charge in [0.2, 0.25) is 0 Å². The van der Waals surface area contributed by atoms with Gasteiger partial charge < -0.3 is 4.90 Å². The zero-order valence-electron chi connectivity index (χ0n) is 10.3. The number of hydrogen-bond acceptors (Lipinski definition) is 3. The van der Waals surface area contributed by atoms with Gasteiger partial charge in [0, 0.05) is 14.1 Å². The molecule has 2 rings (SSSR count). The van der Waals surface area contributed by atoms with Crippen molar-refractivity contribution >= 4 is 28.9 Å². The second-order valence-corrected chi connectivity index (χ2v) is 5.01. The molecule has 0 saturated heterocycles. The zero-order chi connectivity index (χ0) is 13.0. The third kappa shape index (κ3) is 3.11. The molecule has 0 fully saturated rings. The quantitative estimate of drug-likeness (QED) is 0.765. The molecule has 0 unspecified atom stereocenters. The van der Waals surface area contributed by atoms with Crippen LogP contribution in [0.4, 0.5) is 0 Å². The summed E-state index contributed by atoms with van der Waals surface area (Å²) in [5.41, 5.74) is 1.11. The predicted molar refractivity (Wildman–Crippen MR) is 77.3 cm³/mol. The molecule has 1 amide bonds. The Kier molecular flexibility index (Phi) is 3.99. The summed E-state index contributed by atoms with van der Waals surface area (Å²) >= 11 is 1.40. The molecule has 0 bridgehead atoms. The van der Waals surface area contributed by atoms with E-state index in [1.54, 1.807) is 6.08 Å². The number of amidine groups is 1. The summed E-state index contributed by atoms with van der Waals surface area (Å²) in [4.78, 5) is 18.0. The van der Waals surface area contributed by atoms with E-state index >= 15 is 0 Å². The fraction of sp³-hybridized carbons (Fsp3) is 0.143. The molecule has 1 aromatic rings. The van der Waals surface area contributed by atoms with Crippen LogP contribution in [0.1, 0.15) is 5.56 Å². The Morgan fingerprint density at radius 1 is 1.22 bits per heavy atom. The molecule has 0 radical (unpaired) electrons. The maximum Gasteiger partial charge on any atom is 0.286 e. The summed E-state index contributed by atoms with van der Waals surface area (Å²) < 4.78 is 0. The van der Waals surface area contributed by atoms with Gasteiger partial charge in [-0.25, -0.2) is 0 Å². The van der Waals surface area contributed by atoms with Crippen molar-refractivity contribution < 1.29 is 4.79 Å². The fourth-order valence-electron chi connectivity index (χ4n) is 1.41. The lowest BCUT2D eigenvalue weighted by Gasteiger charge is -2.08. The highest BCUT2D eigenvalue weighted by Gasteiger charge is 2.22. The first kappa shape index (κ1) is 12.6. The average Bonchev–Trinajstić information content (AvgIpc) is 2.73. The molecular formula is C14H14N2OS.